The number of carbonyl (C=O) groups is 1. The molecule has 0 unspecified atom stereocenters. The molecule has 0 fully saturated rings. The second-order valence-corrected chi connectivity index (χ2v) is 4.01. The van der Waals surface area contributed by atoms with Crippen molar-refractivity contribution in [2.75, 3.05) is 13.2 Å². The number of hydrogen-bond donors (Lipinski definition) is 2. The van der Waals surface area contributed by atoms with E-state index in [1.807, 2.05) is 0 Å². The summed E-state index contributed by atoms with van der Waals surface area (Å²) in [6, 6.07) is 3.96. The molecule has 2 aromatic rings. The first-order valence-electron chi connectivity index (χ1n) is 6.13. The summed E-state index contributed by atoms with van der Waals surface area (Å²) < 4.78 is 18.2. The van der Waals surface area contributed by atoms with Crippen molar-refractivity contribution in [1.82, 2.24) is 15.5 Å². The molecule has 0 aliphatic carbocycles. The molecular weight excluding hydrogens is 277 g/mol. The van der Waals surface area contributed by atoms with Crippen LogP contribution in [0.15, 0.2) is 29.1 Å². The highest BCUT2D eigenvalue weighted by atomic mass is 19.1. The molecule has 6 nitrogen and oxygen atoms in total. The van der Waals surface area contributed by atoms with Crippen molar-refractivity contribution in [1.29, 1.82) is 0 Å². The van der Waals surface area contributed by atoms with Crippen molar-refractivity contribution in [3.05, 3.63) is 47.4 Å². The van der Waals surface area contributed by atoms with Gasteiger partial charge < -0.3 is 14.9 Å². The van der Waals surface area contributed by atoms with E-state index in [9.17, 15) is 9.18 Å². The number of nitrogens with one attached hydrogen (secondary N) is 1. The van der Waals surface area contributed by atoms with Gasteiger partial charge in [0.25, 0.3) is 5.91 Å². The third kappa shape index (κ3) is 4.12. The summed E-state index contributed by atoms with van der Waals surface area (Å²) in [5.74, 6) is 4.27. The molecule has 0 aliphatic heterocycles. The second-order valence-electron chi connectivity index (χ2n) is 4.01. The Morgan fingerprint density at radius 3 is 3.00 bits per heavy atom. The summed E-state index contributed by atoms with van der Waals surface area (Å²) in [6.07, 6.45) is 1.63. The van der Waals surface area contributed by atoms with Crippen LogP contribution < -0.4 is 5.32 Å². The minimum Gasteiger partial charge on any atom is -0.384 e. The maximum atomic E-state index is 13.7. The highest BCUT2D eigenvalue weighted by Gasteiger charge is 2.09. The third-order valence-electron chi connectivity index (χ3n) is 2.57. The Morgan fingerprint density at radius 1 is 1.48 bits per heavy atom. The summed E-state index contributed by atoms with van der Waals surface area (Å²) in [5.41, 5.74) is 0.322. The van der Waals surface area contributed by atoms with Crippen LogP contribution in [0.25, 0.3) is 0 Å². The lowest BCUT2D eigenvalue weighted by atomic mass is 10.1. The number of nitrogens with zero attached hydrogens (tertiary/aromatic N) is 2. The fraction of sp³-hybridized carbons (Fsp3) is 0.214. The van der Waals surface area contributed by atoms with Gasteiger partial charge in [-0.05, 0) is 18.2 Å². The highest BCUT2D eigenvalue weighted by Crippen LogP contribution is 2.09. The maximum absolute atomic E-state index is 13.7. The molecular formula is C14H12FN3O3. The first kappa shape index (κ1) is 14.7. The van der Waals surface area contributed by atoms with Crippen LogP contribution in [0.5, 0.6) is 0 Å². The van der Waals surface area contributed by atoms with Gasteiger partial charge in [0.15, 0.2) is 5.82 Å². The minimum atomic E-state index is -0.609. The second kappa shape index (κ2) is 7.17. The van der Waals surface area contributed by atoms with Gasteiger partial charge in [-0.2, -0.15) is 4.98 Å². The van der Waals surface area contributed by atoms with Gasteiger partial charge in [0, 0.05) is 18.5 Å². The number of carbonyl (C=O) groups excluding carboxylic acids is 1. The van der Waals surface area contributed by atoms with Crippen LogP contribution in [0, 0.1) is 17.7 Å². The van der Waals surface area contributed by atoms with E-state index in [-0.39, 0.29) is 17.7 Å². The Bertz CT molecular complexity index is 675. The van der Waals surface area contributed by atoms with E-state index in [0.29, 0.717) is 18.8 Å². The molecule has 0 atom stereocenters. The van der Waals surface area contributed by atoms with E-state index in [0.717, 1.165) is 6.07 Å². The van der Waals surface area contributed by atoms with Gasteiger partial charge in [-0.25, -0.2) is 4.39 Å². The average molecular weight is 289 g/mol. The average Bonchev–Trinajstić information content (AvgIpc) is 2.99. The molecule has 2 N–H and O–H groups in total. The minimum absolute atomic E-state index is 0.132. The van der Waals surface area contributed by atoms with Crippen LogP contribution in [0.4, 0.5) is 4.39 Å². The quantitative estimate of drug-likeness (QED) is 0.801. The molecule has 1 amide bonds. The Morgan fingerprint density at radius 2 is 2.33 bits per heavy atom. The lowest BCUT2D eigenvalue weighted by Gasteiger charge is -2.04. The number of benzene rings is 1. The van der Waals surface area contributed by atoms with Crippen molar-refractivity contribution in [2.24, 2.45) is 0 Å². The maximum Gasteiger partial charge on any atom is 0.251 e. The van der Waals surface area contributed by atoms with E-state index < -0.39 is 11.7 Å². The summed E-state index contributed by atoms with van der Waals surface area (Å²) in [6.45, 7) is -0.0379. The van der Waals surface area contributed by atoms with Crippen LogP contribution in [0.3, 0.4) is 0 Å². The van der Waals surface area contributed by atoms with E-state index in [1.165, 1.54) is 18.5 Å². The van der Waals surface area contributed by atoms with E-state index in [4.69, 9.17) is 5.11 Å². The zero-order chi connectivity index (χ0) is 15.1. The largest absolute Gasteiger partial charge is 0.384 e. The van der Waals surface area contributed by atoms with Gasteiger partial charge in [-0.3, -0.25) is 4.79 Å². The normalized spacial score (nSPS) is 9.81. The van der Waals surface area contributed by atoms with Crippen molar-refractivity contribution < 1.29 is 18.8 Å². The molecule has 108 valence electrons. The van der Waals surface area contributed by atoms with Gasteiger partial charge in [0.05, 0.1) is 5.56 Å². The molecule has 1 aromatic carbocycles. The van der Waals surface area contributed by atoms with Crippen molar-refractivity contribution in [3.8, 4) is 11.8 Å². The summed E-state index contributed by atoms with van der Waals surface area (Å²) in [5, 5.41) is 14.8. The molecule has 1 aromatic heterocycles. The van der Waals surface area contributed by atoms with Crippen LogP contribution in [0.2, 0.25) is 0 Å². The number of rotatable bonds is 4. The SMILES string of the molecule is O=C(NCCc1ncon1)c1ccc(C#CCO)c(F)c1. The van der Waals surface area contributed by atoms with Crippen molar-refractivity contribution in [2.45, 2.75) is 6.42 Å². The van der Waals surface area contributed by atoms with Gasteiger partial charge in [-0.1, -0.05) is 17.0 Å². The number of aliphatic hydroxyl groups is 1. The predicted molar refractivity (Wildman–Crippen MR) is 70.7 cm³/mol. The monoisotopic (exact) mass is 289 g/mol. The summed E-state index contributed by atoms with van der Waals surface area (Å²) >= 11 is 0. The molecule has 0 aliphatic rings. The third-order valence-corrected chi connectivity index (χ3v) is 2.57. The molecule has 0 bridgehead atoms. The number of aliphatic hydroxyl groups excluding tert-OH is 1. The molecule has 0 radical (unpaired) electrons. The van der Waals surface area contributed by atoms with Gasteiger partial charge in [0.1, 0.15) is 12.4 Å². The number of halogens is 1. The molecule has 21 heavy (non-hydrogen) atoms. The Kier molecular flexibility index (Phi) is 5.01. The topological polar surface area (TPSA) is 88.3 Å². The van der Waals surface area contributed by atoms with Gasteiger partial charge in [0.2, 0.25) is 6.39 Å². The lowest BCUT2D eigenvalue weighted by Crippen LogP contribution is -2.26. The molecule has 2 rings (SSSR count). The molecule has 0 saturated carbocycles. The standard InChI is InChI=1S/C14H12FN3O3/c15-12-8-11(4-3-10(12)2-1-7-19)14(20)16-6-5-13-17-9-21-18-13/h3-4,8-9,19H,5-7H2,(H,16,20). The van der Waals surface area contributed by atoms with E-state index >= 15 is 0 Å². The Hall–Kier alpha value is -2.72. The van der Waals surface area contributed by atoms with Gasteiger partial charge >= 0.3 is 0 Å². The van der Waals surface area contributed by atoms with E-state index in [2.05, 4.69) is 31.8 Å². The van der Waals surface area contributed by atoms with Crippen LogP contribution in [-0.4, -0.2) is 34.3 Å². The van der Waals surface area contributed by atoms with Crippen LogP contribution in [0.1, 0.15) is 21.7 Å². The zero-order valence-corrected chi connectivity index (χ0v) is 11.0. The lowest BCUT2D eigenvalue weighted by molar-refractivity contribution is 0.0953. The summed E-state index contributed by atoms with van der Waals surface area (Å²) in [7, 11) is 0. The van der Waals surface area contributed by atoms with Crippen LogP contribution >= 0.6 is 0 Å². The smallest absolute Gasteiger partial charge is 0.251 e. The molecule has 0 spiro atoms. The number of amides is 1. The molecule has 7 heteroatoms. The van der Waals surface area contributed by atoms with Crippen LogP contribution in [-0.2, 0) is 6.42 Å². The van der Waals surface area contributed by atoms with Gasteiger partial charge in [-0.15, -0.1) is 0 Å². The molecule has 0 saturated heterocycles. The number of aromatic nitrogens is 2. The first-order valence-corrected chi connectivity index (χ1v) is 6.13. The van der Waals surface area contributed by atoms with E-state index in [1.54, 1.807) is 0 Å². The highest BCUT2D eigenvalue weighted by molar-refractivity contribution is 5.94. The Labute approximate surface area is 120 Å². The molecule has 1 heterocycles. The number of hydrogen-bond acceptors (Lipinski definition) is 5. The predicted octanol–water partition coefficient (Wildman–Crippen LogP) is 0.525. The Balaban J connectivity index is 1.94. The first-order chi connectivity index (χ1) is 10.2. The van der Waals surface area contributed by atoms with Crippen molar-refractivity contribution in [3.63, 3.8) is 0 Å². The zero-order valence-electron chi connectivity index (χ0n) is 11.0. The van der Waals surface area contributed by atoms with Crippen molar-refractivity contribution >= 4 is 5.91 Å². The fourth-order valence-corrected chi connectivity index (χ4v) is 1.58. The summed E-state index contributed by atoms with van der Waals surface area (Å²) in [4.78, 5) is 15.6. The fourth-order valence-electron chi connectivity index (χ4n) is 1.58.